The summed E-state index contributed by atoms with van der Waals surface area (Å²) in [6, 6.07) is 8.27. The van der Waals surface area contributed by atoms with E-state index in [1.807, 2.05) is 0 Å². The molecule has 69 heavy (non-hydrogen) atoms. The molecule has 0 radical (unpaired) electrons. The molecule has 11 rings (SSSR count). The highest BCUT2D eigenvalue weighted by Crippen LogP contribution is 2.49. The van der Waals surface area contributed by atoms with E-state index in [1.54, 1.807) is 180 Å². The molecule has 11 aliphatic carbocycles. The summed E-state index contributed by atoms with van der Waals surface area (Å²) < 4.78 is 0. The van der Waals surface area contributed by atoms with Crippen LogP contribution >= 0.6 is 0 Å². The van der Waals surface area contributed by atoms with Gasteiger partial charge in [-0.1, -0.05) is 122 Å². The SMILES string of the molecule is C1CCC(C2CCC(N(C3CCCCC3)C3CCC(C4CCC(N(C5CCCCC5)C5CCC(C6CCC(N(C7CCCCC7)C7CCC(C8CCCCC8)CC7)CC6)CC5)CC4)CC3)CC2)CC1. The van der Waals surface area contributed by atoms with Crippen LogP contribution in [0.2, 0.25) is 0 Å². The second-order valence-electron chi connectivity index (χ2n) is 28.4. The van der Waals surface area contributed by atoms with Gasteiger partial charge in [0.15, 0.2) is 0 Å². The fraction of sp³-hybridized carbons (Fsp3) is 1.00. The van der Waals surface area contributed by atoms with Gasteiger partial charge in [0.25, 0.3) is 0 Å². The van der Waals surface area contributed by atoms with E-state index in [-0.39, 0.29) is 0 Å². The van der Waals surface area contributed by atoms with Crippen LogP contribution in [0.25, 0.3) is 0 Å². The van der Waals surface area contributed by atoms with Gasteiger partial charge in [-0.2, -0.15) is 0 Å². The highest BCUT2D eigenvalue weighted by molar-refractivity contribution is 4.99. The normalized spacial score (nSPS) is 40.9. The van der Waals surface area contributed by atoms with Crippen LogP contribution in [0.15, 0.2) is 0 Å². The van der Waals surface area contributed by atoms with Crippen LogP contribution < -0.4 is 0 Å². The molecule has 0 aromatic rings. The van der Waals surface area contributed by atoms with E-state index in [0.717, 1.165) is 102 Å². The lowest BCUT2D eigenvalue weighted by molar-refractivity contribution is -0.0179. The zero-order valence-electron chi connectivity index (χ0n) is 45.8. The molecule has 0 aliphatic heterocycles. The first-order valence-electron chi connectivity index (χ1n) is 33.5. The topological polar surface area (TPSA) is 9.72 Å². The van der Waals surface area contributed by atoms with Crippen molar-refractivity contribution in [1.82, 2.24) is 14.7 Å². The van der Waals surface area contributed by atoms with Gasteiger partial charge in [0, 0.05) is 54.4 Å². The fourth-order valence-corrected chi connectivity index (χ4v) is 21.3. The Morgan fingerprint density at radius 3 is 0.420 bits per heavy atom. The van der Waals surface area contributed by atoms with Crippen molar-refractivity contribution in [3.63, 3.8) is 0 Å². The van der Waals surface area contributed by atoms with Gasteiger partial charge in [0.05, 0.1) is 0 Å². The van der Waals surface area contributed by atoms with Crippen LogP contribution in [0.3, 0.4) is 0 Å². The van der Waals surface area contributed by atoms with E-state index >= 15 is 0 Å². The highest BCUT2D eigenvalue weighted by Gasteiger charge is 2.44. The Morgan fingerprint density at radius 2 is 0.246 bits per heavy atom. The van der Waals surface area contributed by atoms with Crippen molar-refractivity contribution in [3.8, 4) is 0 Å². The molecule has 0 N–H and O–H groups in total. The molecule has 394 valence electrons. The number of hydrogen-bond acceptors (Lipinski definition) is 3. The monoisotopic (exact) mass is 950 g/mol. The zero-order valence-corrected chi connectivity index (χ0v) is 45.8. The van der Waals surface area contributed by atoms with Crippen LogP contribution in [0.5, 0.6) is 0 Å². The van der Waals surface area contributed by atoms with Crippen molar-refractivity contribution in [2.75, 3.05) is 0 Å². The maximum atomic E-state index is 3.33. The highest BCUT2D eigenvalue weighted by atomic mass is 15.2. The van der Waals surface area contributed by atoms with Gasteiger partial charge in [-0.25, -0.2) is 0 Å². The van der Waals surface area contributed by atoms with Gasteiger partial charge >= 0.3 is 0 Å². The first-order valence-corrected chi connectivity index (χ1v) is 33.5. The van der Waals surface area contributed by atoms with E-state index in [0.29, 0.717) is 0 Å². The van der Waals surface area contributed by atoms with Crippen molar-refractivity contribution in [2.24, 2.45) is 47.3 Å². The minimum atomic E-state index is 0.909. The molecule has 11 fully saturated rings. The second kappa shape index (κ2) is 25.6. The molecule has 3 heteroatoms. The number of nitrogens with zero attached hydrogens (tertiary/aromatic N) is 3. The predicted octanol–water partition coefficient (Wildman–Crippen LogP) is 18.4. The standard InChI is InChI=1S/C66H115N3/c1-6-16-50(17-7-1)52-26-38-61(39-27-52)67(58-20-10-3-11-21-58)63-42-30-54(31-43-63)56-34-46-65(47-35-56)69(60-24-14-5-15-25-60)66-48-36-57(37-49-66)55-32-44-64(45-33-55)68(59-22-12-4-13-23-59)62-40-28-53(29-41-62)51-18-8-2-9-19-51/h50-66H,1-49H2. The first kappa shape index (κ1) is 51.0. The largest absolute Gasteiger partial charge is 0.294 e. The van der Waals surface area contributed by atoms with Gasteiger partial charge < -0.3 is 0 Å². The van der Waals surface area contributed by atoms with Gasteiger partial charge in [-0.15, -0.1) is 0 Å². The van der Waals surface area contributed by atoms with Gasteiger partial charge in [0.1, 0.15) is 0 Å². The van der Waals surface area contributed by atoms with E-state index in [9.17, 15) is 0 Å². The summed E-state index contributed by atoms with van der Waals surface area (Å²) in [5, 5.41) is 0. The minimum Gasteiger partial charge on any atom is -0.294 e. The Bertz CT molecular complexity index is 1320. The Balaban J connectivity index is 0.651. The number of hydrogen-bond donors (Lipinski definition) is 0. The van der Waals surface area contributed by atoms with Crippen LogP contribution in [0.4, 0.5) is 0 Å². The Labute approximate surface area is 429 Å². The van der Waals surface area contributed by atoms with E-state index < -0.39 is 0 Å². The molecule has 11 aliphatic rings. The molecule has 0 saturated heterocycles. The Hall–Kier alpha value is -0.120. The van der Waals surface area contributed by atoms with E-state index in [1.165, 1.54) is 135 Å². The molecule has 11 saturated carbocycles. The first-order chi connectivity index (χ1) is 34.2. The molecule has 0 atom stereocenters. The summed E-state index contributed by atoms with van der Waals surface area (Å²) in [7, 11) is 0. The van der Waals surface area contributed by atoms with Crippen molar-refractivity contribution in [1.29, 1.82) is 0 Å². The quantitative estimate of drug-likeness (QED) is 0.182. The molecule has 3 nitrogen and oxygen atoms in total. The van der Waals surface area contributed by atoms with Crippen LogP contribution in [-0.2, 0) is 0 Å². The van der Waals surface area contributed by atoms with E-state index in [2.05, 4.69) is 14.7 Å². The molecule has 0 heterocycles. The summed E-state index contributed by atoms with van der Waals surface area (Å²) in [6.07, 6.45) is 75.5. The molecular weight excluding hydrogens is 835 g/mol. The minimum absolute atomic E-state index is 0.909. The molecular formula is C66H115N3. The van der Waals surface area contributed by atoms with Crippen molar-refractivity contribution in [3.05, 3.63) is 0 Å². The average molecular weight is 951 g/mol. The van der Waals surface area contributed by atoms with Crippen molar-refractivity contribution in [2.45, 2.75) is 369 Å². The third kappa shape index (κ3) is 12.8. The zero-order chi connectivity index (χ0) is 46.2. The van der Waals surface area contributed by atoms with Crippen LogP contribution in [0, 0.1) is 47.3 Å². The van der Waals surface area contributed by atoms with E-state index in [4.69, 9.17) is 0 Å². The Morgan fingerprint density at radius 1 is 0.116 bits per heavy atom. The summed E-state index contributed by atoms with van der Waals surface area (Å²) in [4.78, 5) is 9.91. The van der Waals surface area contributed by atoms with Crippen molar-refractivity contribution < 1.29 is 0 Å². The third-order valence-electron chi connectivity index (χ3n) is 24.9. The summed E-state index contributed by atoms with van der Waals surface area (Å²) in [6.45, 7) is 0. The summed E-state index contributed by atoms with van der Waals surface area (Å²) in [5.74, 6) is 8.50. The lowest BCUT2D eigenvalue weighted by atomic mass is 9.68. The average Bonchev–Trinajstić information content (AvgIpc) is 3.44. The number of rotatable bonds is 13. The lowest BCUT2D eigenvalue weighted by Crippen LogP contribution is -2.54. The third-order valence-corrected chi connectivity index (χ3v) is 24.9. The summed E-state index contributed by atoms with van der Waals surface area (Å²) in [5.41, 5.74) is 0. The maximum absolute atomic E-state index is 3.33. The molecule has 0 unspecified atom stereocenters. The molecule has 0 spiro atoms. The van der Waals surface area contributed by atoms with Gasteiger partial charge in [0.2, 0.25) is 0 Å². The smallest absolute Gasteiger partial charge is 0.0101 e. The lowest BCUT2D eigenvalue weighted by Gasteiger charge is -2.52. The fourth-order valence-electron chi connectivity index (χ4n) is 21.3. The maximum Gasteiger partial charge on any atom is 0.0101 e. The van der Waals surface area contributed by atoms with Gasteiger partial charge in [-0.05, 0) is 240 Å². The molecule has 0 aromatic carbocycles. The molecule has 0 amide bonds. The predicted molar refractivity (Wildman–Crippen MR) is 294 cm³/mol. The molecule has 0 aromatic heterocycles. The van der Waals surface area contributed by atoms with Crippen LogP contribution in [-0.4, -0.2) is 69.1 Å². The molecule has 0 bridgehead atoms. The summed E-state index contributed by atoms with van der Waals surface area (Å²) >= 11 is 0. The van der Waals surface area contributed by atoms with Gasteiger partial charge in [-0.3, -0.25) is 14.7 Å². The van der Waals surface area contributed by atoms with Crippen molar-refractivity contribution >= 4 is 0 Å². The van der Waals surface area contributed by atoms with Crippen LogP contribution in [0.1, 0.15) is 315 Å². The second-order valence-corrected chi connectivity index (χ2v) is 28.4. The Kier molecular flexibility index (Phi) is 18.9.